The van der Waals surface area contributed by atoms with E-state index in [0.717, 1.165) is 22.3 Å². The molecule has 7 heteroatoms. The van der Waals surface area contributed by atoms with Gasteiger partial charge in [0.2, 0.25) is 0 Å². The number of nitrogens with two attached hydrogens (primary N) is 1. The van der Waals surface area contributed by atoms with Gasteiger partial charge in [0.25, 0.3) is 0 Å². The van der Waals surface area contributed by atoms with Crippen LogP contribution in [0, 0.1) is 0 Å². The molecule has 0 atom stereocenters. The van der Waals surface area contributed by atoms with Crippen molar-refractivity contribution in [2.24, 2.45) is 5.14 Å². The van der Waals surface area contributed by atoms with E-state index in [0.29, 0.717) is 16.7 Å². The standard InChI is InChI=1S/C29H43NO5S/c1-15(2)20-11-12-21(27(19(9)10)29(20)35-36(30,33)34)25(31)14-24-22(16(3)4)13-23(17(5)6)28(32)26(24)18(7)8/h11-13,15-19,32H,14H2,1-10H3,(H2,30,33,34). The van der Waals surface area contributed by atoms with Gasteiger partial charge in [0.15, 0.2) is 11.5 Å². The summed E-state index contributed by atoms with van der Waals surface area (Å²) in [6, 6.07) is 5.53. The lowest BCUT2D eigenvalue weighted by Crippen LogP contribution is -2.22. The third-order valence-corrected chi connectivity index (χ3v) is 7.00. The van der Waals surface area contributed by atoms with Gasteiger partial charge < -0.3 is 9.29 Å². The zero-order valence-electron chi connectivity index (χ0n) is 23.4. The maximum atomic E-state index is 13.9. The molecule has 0 aliphatic carbocycles. The highest BCUT2D eigenvalue weighted by atomic mass is 32.2. The van der Waals surface area contributed by atoms with Crippen molar-refractivity contribution in [2.45, 2.75) is 105 Å². The van der Waals surface area contributed by atoms with Crippen LogP contribution in [-0.2, 0) is 16.7 Å². The van der Waals surface area contributed by atoms with Crippen LogP contribution in [-0.4, -0.2) is 19.3 Å². The number of phenolic OH excluding ortho intramolecular Hbond substituents is 1. The van der Waals surface area contributed by atoms with E-state index in [1.54, 1.807) is 12.1 Å². The molecule has 0 aliphatic heterocycles. The molecule has 0 amide bonds. The van der Waals surface area contributed by atoms with E-state index in [9.17, 15) is 18.3 Å². The van der Waals surface area contributed by atoms with Crippen molar-refractivity contribution in [3.8, 4) is 11.5 Å². The number of ketones is 1. The predicted molar refractivity (Wildman–Crippen MR) is 147 cm³/mol. The van der Waals surface area contributed by atoms with Crippen molar-refractivity contribution in [2.75, 3.05) is 0 Å². The molecule has 0 saturated heterocycles. The molecule has 36 heavy (non-hydrogen) atoms. The van der Waals surface area contributed by atoms with Crippen molar-refractivity contribution in [3.63, 3.8) is 0 Å². The lowest BCUT2D eigenvalue weighted by atomic mass is 9.80. The van der Waals surface area contributed by atoms with E-state index in [-0.39, 0.29) is 53.3 Å². The zero-order valence-corrected chi connectivity index (χ0v) is 24.2. The van der Waals surface area contributed by atoms with Crippen LogP contribution in [0.2, 0.25) is 0 Å². The van der Waals surface area contributed by atoms with E-state index in [1.807, 2.05) is 61.5 Å². The Hall–Kier alpha value is -2.38. The Labute approximate surface area is 217 Å². The molecular weight excluding hydrogens is 474 g/mol. The first-order chi connectivity index (χ1) is 16.5. The summed E-state index contributed by atoms with van der Waals surface area (Å²) in [5.41, 5.74) is 5.16. The van der Waals surface area contributed by atoms with E-state index in [4.69, 9.17) is 9.32 Å². The number of hydrogen-bond donors (Lipinski definition) is 2. The van der Waals surface area contributed by atoms with Crippen LogP contribution in [0.15, 0.2) is 18.2 Å². The minimum absolute atomic E-state index is 0.0122. The highest BCUT2D eigenvalue weighted by Crippen LogP contribution is 2.42. The molecular formula is C29H43NO5S. The molecule has 0 saturated carbocycles. The van der Waals surface area contributed by atoms with Crippen LogP contribution < -0.4 is 9.32 Å². The summed E-state index contributed by atoms with van der Waals surface area (Å²) in [7, 11) is -4.29. The Morgan fingerprint density at radius 2 is 1.31 bits per heavy atom. The quantitative estimate of drug-likeness (QED) is 0.329. The molecule has 0 heterocycles. The van der Waals surface area contributed by atoms with Gasteiger partial charge in [0.05, 0.1) is 0 Å². The summed E-state index contributed by atoms with van der Waals surface area (Å²) in [4.78, 5) is 13.9. The third kappa shape index (κ3) is 6.48. The minimum Gasteiger partial charge on any atom is -0.507 e. The highest BCUT2D eigenvalue weighted by molar-refractivity contribution is 7.84. The van der Waals surface area contributed by atoms with Gasteiger partial charge in [-0.3, -0.25) is 4.79 Å². The van der Waals surface area contributed by atoms with E-state index >= 15 is 0 Å². The topological polar surface area (TPSA) is 107 Å². The van der Waals surface area contributed by atoms with E-state index in [2.05, 4.69) is 13.8 Å². The second-order valence-electron chi connectivity index (χ2n) is 11.2. The van der Waals surface area contributed by atoms with Crippen LogP contribution in [0.1, 0.15) is 143 Å². The van der Waals surface area contributed by atoms with Crippen molar-refractivity contribution in [1.82, 2.24) is 0 Å². The number of carbonyl (C=O) groups excluding carboxylic acids is 1. The smallest absolute Gasteiger partial charge is 0.380 e. The normalized spacial score (nSPS) is 12.4. The summed E-state index contributed by atoms with van der Waals surface area (Å²) in [6.07, 6.45) is 0.0858. The van der Waals surface area contributed by atoms with Gasteiger partial charge in [-0.05, 0) is 51.8 Å². The maximum Gasteiger partial charge on any atom is 0.380 e. The molecule has 200 valence electrons. The fourth-order valence-electron chi connectivity index (χ4n) is 4.90. The fourth-order valence-corrected chi connectivity index (χ4v) is 5.32. The third-order valence-electron chi connectivity index (χ3n) is 6.60. The summed E-state index contributed by atoms with van der Waals surface area (Å²) in [5.74, 6) is 0.307. The van der Waals surface area contributed by atoms with Gasteiger partial charge in [-0.15, -0.1) is 0 Å². The van der Waals surface area contributed by atoms with Crippen LogP contribution in [0.4, 0.5) is 0 Å². The Morgan fingerprint density at radius 1 is 0.806 bits per heavy atom. The first-order valence-electron chi connectivity index (χ1n) is 12.8. The number of phenols is 1. The fraction of sp³-hybridized carbons (Fsp3) is 0.552. The first kappa shape index (κ1) is 29.8. The second-order valence-corrected chi connectivity index (χ2v) is 12.3. The number of Topliss-reactive ketones (excluding diaryl/α,β-unsaturated/α-hetero) is 1. The molecule has 3 N–H and O–H groups in total. The van der Waals surface area contributed by atoms with Gasteiger partial charge >= 0.3 is 10.3 Å². The Kier molecular flexibility index (Phi) is 9.41. The first-order valence-corrected chi connectivity index (χ1v) is 14.3. The molecule has 0 radical (unpaired) electrons. The number of benzene rings is 2. The Morgan fingerprint density at radius 3 is 1.72 bits per heavy atom. The van der Waals surface area contributed by atoms with Crippen molar-refractivity contribution >= 4 is 16.1 Å². The molecule has 2 aromatic rings. The van der Waals surface area contributed by atoms with Crippen LogP contribution in [0.5, 0.6) is 11.5 Å². The average Bonchev–Trinajstić information content (AvgIpc) is 2.70. The molecule has 0 fully saturated rings. The lowest BCUT2D eigenvalue weighted by Gasteiger charge is -2.25. The SMILES string of the molecule is CC(C)c1cc(C(C)C)c(CC(=O)c2ccc(C(C)C)c(OS(N)(=O)=O)c2C(C)C)c(C(C)C)c1O. The molecule has 2 rings (SSSR count). The maximum absolute atomic E-state index is 13.9. The van der Waals surface area contributed by atoms with E-state index in [1.165, 1.54) is 0 Å². The molecule has 0 unspecified atom stereocenters. The van der Waals surface area contributed by atoms with Gasteiger partial charge in [-0.1, -0.05) is 87.4 Å². The second kappa shape index (κ2) is 11.3. The van der Waals surface area contributed by atoms with Gasteiger partial charge in [-0.2, -0.15) is 13.6 Å². The molecule has 2 aromatic carbocycles. The summed E-state index contributed by atoms with van der Waals surface area (Å²) in [6.45, 7) is 20.0. The van der Waals surface area contributed by atoms with Crippen LogP contribution >= 0.6 is 0 Å². The van der Waals surface area contributed by atoms with Gasteiger partial charge in [0, 0.05) is 23.1 Å². The summed E-state index contributed by atoms with van der Waals surface area (Å²) in [5, 5.41) is 16.5. The summed E-state index contributed by atoms with van der Waals surface area (Å²) < 4.78 is 29.1. The Balaban J connectivity index is 2.81. The molecule has 0 aliphatic rings. The lowest BCUT2D eigenvalue weighted by molar-refractivity contribution is 0.0990. The zero-order chi connectivity index (χ0) is 27.7. The number of carbonyl (C=O) groups is 1. The summed E-state index contributed by atoms with van der Waals surface area (Å²) >= 11 is 0. The number of aromatic hydroxyl groups is 1. The van der Waals surface area contributed by atoms with Crippen molar-refractivity contribution in [1.29, 1.82) is 0 Å². The molecule has 6 nitrogen and oxygen atoms in total. The number of rotatable bonds is 10. The van der Waals surface area contributed by atoms with Gasteiger partial charge in [-0.25, -0.2) is 0 Å². The monoisotopic (exact) mass is 517 g/mol. The largest absolute Gasteiger partial charge is 0.507 e. The molecule has 0 bridgehead atoms. The van der Waals surface area contributed by atoms with Crippen molar-refractivity contribution < 1.29 is 22.5 Å². The highest BCUT2D eigenvalue weighted by Gasteiger charge is 2.28. The van der Waals surface area contributed by atoms with Crippen LogP contribution in [0.25, 0.3) is 0 Å². The average molecular weight is 518 g/mol. The van der Waals surface area contributed by atoms with E-state index < -0.39 is 10.3 Å². The molecule has 0 spiro atoms. The van der Waals surface area contributed by atoms with Crippen molar-refractivity contribution in [3.05, 3.63) is 57.1 Å². The Bertz CT molecular complexity index is 1220. The van der Waals surface area contributed by atoms with Gasteiger partial charge in [0.1, 0.15) is 5.75 Å². The number of hydrogen-bond acceptors (Lipinski definition) is 5. The predicted octanol–water partition coefficient (Wildman–Crippen LogP) is 7.02. The minimum atomic E-state index is -4.29. The molecule has 0 aromatic heterocycles. The van der Waals surface area contributed by atoms with Crippen LogP contribution in [0.3, 0.4) is 0 Å².